The molecule has 138 valence electrons. The Morgan fingerprint density at radius 3 is 2.78 bits per heavy atom. The average molecular weight is 381 g/mol. The fourth-order valence-electron chi connectivity index (χ4n) is 3.38. The van der Waals surface area contributed by atoms with E-state index in [4.69, 9.17) is 14.5 Å². The number of nitrogens with zero attached hydrogens (tertiary/aromatic N) is 4. The number of fused-ring (bicyclic) bond motifs is 2. The number of ether oxygens (including phenoxy) is 2. The second-order valence-corrected chi connectivity index (χ2v) is 7.49. The van der Waals surface area contributed by atoms with E-state index in [1.54, 1.807) is 18.4 Å². The number of H-pyrrole nitrogens is 1. The summed E-state index contributed by atoms with van der Waals surface area (Å²) < 4.78 is 12.2. The van der Waals surface area contributed by atoms with Crippen LogP contribution in [0.1, 0.15) is 5.69 Å². The Labute approximate surface area is 160 Å². The van der Waals surface area contributed by atoms with Crippen LogP contribution < -0.4 is 9.64 Å². The minimum absolute atomic E-state index is 0.713. The standard InChI is InChI=1S/C19H19N5O2S/c1-11-3-4-12-17(20-11)23-18(21-12)19-22-15-14(25-2)6-5-13(16(15)27-19)24-7-9-26-10-8-24/h3-6H,7-10H2,1-2H3,(H,20,21,23). The molecule has 8 heteroatoms. The zero-order valence-electron chi connectivity index (χ0n) is 15.2. The van der Waals surface area contributed by atoms with Crippen molar-refractivity contribution in [1.29, 1.82) is 0 Å². The highest BCUT2D eigenvalue weighted by Crippen LogP contribution is 2.40. The van der Waals surface area contributed by atoms with Gasteiger partial charge in [0.2, 0.25) is 0 Å². The number of aromatic amines is 1. The van der Waals surface area contributed by atoms with Crippen molar-refractivity contribution in [3.63, 3.8) is 0 Å². The molecular formula is C19H19N5O2S. The topological polar surface area (TPSA) is 76.2 Å². The molecule has 4 heterocycles. The summed E-state index contributed by atoms with van der Waals surface area (Å²) in [7, 11) is 1.68. The van der Waals surface area contributed by atoms with Crippen molar-refractivity contribution >= 4 is 38.4 Å². The van der Waals surface area contributed by atoms with Crippen molar-refractivity contribution in [3.8, 4) is 16.6 Å². The first-order valence-corrected chi connectivity index (χ1v) is 9.68. The zero-order valence-corrected chi connectivity index (χ0v) is 16.0. The number of hydrogen-bond acceptors (Lipinski definition) is 7. The summed E-state index contributed by atoms with van der Waals surface area (Å²) in [4.78, 5) is 19.7. The molecule has 1 aliphatic heterocycles. The first-order valence-electron chi connectivity index (χ1n) is 8.87. The van der Waals surface area contributed by atoms with Gasteiger partial charge in [-0.2, -0.15) is 0 Å². The van der Waals surface area contributed by atoms with Crippen LogP contribution in [0.2, 0.25) is 0 Å². The van der Waals surface area contributed by atoms with Crippen molar-refractivity contribution in [2.24, 2.45) is 0 Å². The number of pyridine rings is 1. The Morgan fingerprint density at radius 2 is 1.96 bits per heavy atom. The molecule has 1 aromatic carbocycles. The lowest BCUT2D eigenvalue weighted by molar-refractivity contribution is 0.123. The largest absolute Gasteiger partial charge is 0.494 e. The van der Waals surface area contributed by atoms with Crippen molar-refractivity contribution in [2.45, 2.75) is 6.92 Å². The van der Waals surface area contributed by atoms with Gasteiger partial charge in [0.05, 0.1) is 36.2 Å². The molecule has 0 amide bonds. The Kier molecular flexibility index (Phi) is 3.95. The molecule has 0 aliphatic carbocycles. The molecule has 7 nitrogen and oxygen atoms in total. The number of aromatic nitrogens is 4. The van der Waals surface area contributed by atoms with Crippen LogP contribution in [0.15, 0.2) is 24.3 Å². The Morgan fingerprint density at radius 1 is 1.11 bits per heavy atom. The minimum atomic E-state index is 0.713. The highest BCUT2D eigenvalue weighted by atomic mass is 32.1. The van der Waals surface area contributed by atoms with Crippen LogP contribution in [0.4, 0.5) is 5.69 Å². The highest BCUT2D eigenvalue weighted by molar-refractivity contribution is 7.22. The van der Waals surface area contributed by atoms with Crippen LogP contribution in [0.3, 0.4) is 0 Å². The van der Waals surface area contributed by atoms with Crippen molar-refractivity contribution < 1.29 is 9.47 Å². The molecule has 27 heavy (non-hydrogen) atoms. The summed E-state index contributed by atoms with van der Waals surface area (Å²) in [5, 5.41) is 0.833. The third-order valence-corrected chi connectivity index (χ3v) is 5.83. The van der Waals surface area contributed by atoms with Gasteiger partial charge in [0.1, 0.15) is 11.3 Å². The summed E-state index contributed by atoms with van der Waals surface area (Å²) >= 11 is 1.62. The highest BCUT2D eigenvalue weighted by Gasteiger charge is 2.20. The quantitative estimate of drug-likeness (QED) is 0.586. The van der Waals surface area contributed by atoms with Gasteiger partial charge in [-0.15, -0.1) is 11.3 Å². The lowest BCUT2D eigenvalue weighted by atomic mass is 10.2. The number of benzene rings is 1. The molecule has 0 radical (unpaired) electrons. The number of aryl methyl sites for hydroxylation is 1. The lowest BCUT2D eigenvalue weighted by Crippen LogP contribution is -2.36. The number of hydrogen-bond donors (Lipinski definition) is 1. The van der Waals surface area contributed by atoms with Gasteiger partial charge in [-0.25, -0.2) is 15.0 Å². The van der Waals surface area contributed by atoms with Crippen LogP contribution in [0.5, 0.6) is 5.75 Å². The third-order valence-electron chi connectivity index (χ3n) is 4.75. The average Bonchev–Trinajstić information content (AvgIpc) is 3.31. The maximum absolute atomic E-state index is 5.55. The molecule has 0 bridgehead atoms. The van der Waals surface area contributed by atoms with E-state index in [0.717, 1.165) is 64.3 Å². The normalized spacial score (nSPS) is 15.0. The van der Waals surface area contributed by atoms with Gasteiger partial charge in [0, 0.05) is 18.8 Å². The van der Waals surface area contributed by atoms with Gasteiger partial charge in [0.15, 0.2) is 16.5 Å². The Balaban J connectivity index is 1.66. The Bertz CT molecular complexity index is 1130. The van der Waals surface area contributed by atoms with Crippen LogP contribution in [-0.4, -0.2) is 53.3 Å². The molecule has 3 aromatic heterocycles. The van der Waals surface area contributed by atoms with Crippen molar-refractivity contribution in [1.82, 2.24) is 19.9 Å². The fraction of sp³-hybridized carbons (Fsp3) is 0.316. The van der Waals surface area contributed by atoms with E-state index < -0.39 is 0 Å². The molecule has 4 aromatic rings. The van der Waals surface area contributed by atoms with E-state index >= 15 is 0 Å². The molecular weight excluding hydrogens is 362 g/mol. The fourth-order valence-corrected chi connectivity index (χ4v) is 4.45. The van der Waals surface area contributed by atoms with Gasteiger partial charge < -0.3 is 19.4 Å². The van der Waals surface area contributed by atoms with Gasteiger partial charge in [-0.05, 0) is 31.2 Å². The third kappa shape index (κ3) is 2.81. The van der Waals surface area contributed by atoms with Crippen LogP contribution in [0, 0.1) is 6.92 Å². The summed E-state index contributed by atoms with van der Waals surface area (Å²) in [6.45, 7) is 5.21. The molecule has 0 spiro atoms. The maximum atomic E-state index is 5.55. The van der Waals surface area contributed by atoms with Crippen molar-refractivity contribution in [2.75, 3.05) is 38.3 Å². The molecule has 0 atom stereocenters. The molecule has 1 aliphatic rings. The number of anilines is 1. The minimum Gasteiger partial charge on any atom is -0.494 e. The predicted octanol–water partition coefficient (Wildman–Crippen LogP) is 3.39. The van der Waals surface area contributed by atoms with E-state index in [-0.39, 0.29) is 0 Å². The molecule has 5 rings (SSSR count). The van der Waals surface area contributed by atoms with E-state index in [0.29, 0.717) is 5.65 Å². The molecule has 0 saturated carbocycles. The molecule has 1 saturated heterocycles. The molecule has 1 fully saturated rings. The zero-order chi connectivity index (χ0) is 18.4. The van der Waals surface area contributed by atoms with Crippen LogP contribution >= 0.6 is 11.3 Å². The van der Waals surface area contributed by atoms with E-state index in [1.807, 2.05) is 25.1 Å². The van der Waals surface area contributed by atoms with E-state index in [1.165, 1.54) is 5.69 Å². The first-order chi connectivity index (χ1) is 13.2. The van der Waals surface area contributed by atoms with E-state index in [9.17, 15) is 0 Å². The first kappa shape index (κ1) is 16.5. The van der Waals surface area contributed by atoms with Crippen LogP contribution in [0.25, 0.3) is 32.2 Å². The smallest absolute Gasteiger partial charge is 0.178 e. The number of nitrogens with one attached hydrogen (secondary N) is 1. The summed E-state index contributed by atoms with van der Waals surface area (Å²) in [5.74, 6) is 1.51. The lowest BCUT2D eigenvalue weighted by Gasteiger charge is -2.29. The van der Waals surface area contributed by atoms with Gasteiger partial charge in [-0.3, -0.25) is 0 Å². The number of rotatable bonds is 3. The number of methoxy groups -OCH3 is 1. The molecule has 1 N–H and O–H groups in total. The Hall–Kier alpha value is -2.71. The monoisotopic (exact) mass is 381 g/mol. The van der Waals surface area contributed by atoms with Gasteiger partial charge in [-0.1, -0.05) is 0 Å². The summed E-state index contributed by atoms with van der Waals surface area (Å²) in [6.07, 6.45) is 0. The maximum Gasteiger partial charge on any atom is 0.178 e. The van der Waals surface area contributed by atoms with Crippen molar-refractivity contribution in [3.05, 3.63) is 30.0 Å². The van der Waals surface area contributed by atoms with E-state index in [2.05, 4.69) is 25.9 Å². The number of imidazole rings is 1. The predicted molar refractivity (Wildman–Crippen MR) is 107 cm³/mol. The number of morpholine rings is 1. The second kappa shape index (κ2) is 6.47. The summed E-state index contributed by atoms with van der Waals surface area (Å²) in [6, 6.07) is 8.07. The second-order valence-electron chi connectivity index (χ2n) is 6.49. The summed E-state index contributed by atoms with van der Waals surface area (Å²) in [5.41, 5.74) is 4.61. The molecule has 0 unspecified atom stereocenters. The van der Waals surface area contributed by atoms with Crippen LogP contribution in [-0.2, 0) is 4.74 Å². The number of thiazole rings is 1. The van der Waals surface area contributed by atoms with Gasteiger partial charge >= 0.3 is 0 Å². The van der Waals surface area contributed by atoms with Gasteiger partial charge in [0.25, 0.3) is 0 Å². The SMILES string of the molecule is COc1ccc(N2CCOCC2)c2sc(-c3nc4nc(C)ccc4[nH]3)nc12.